The number of nitrogens with one attached hydrogen (secondary N) is 1. The third-order valence-corrected chi connectivity index (χ3v) is 5.35. The SMILES string of the molecule is COc1ccccc1N1CCN([C@H](C)C(=O)Nc2ccc([N+](=O)[O-])cc2C)CC1. The molecule has 8 heteroatoms. The van der Waals surface area contributed by atoms with E-state index in [1.807, 2.05) is 31.2 Å². The van der Waals surface area contributed by atoms with Crippen molar-refractivity contribution in [2.24, 2.45) is 0 Å². The van der Waals surface area contributed by atoms with Crippen LogP contribution in [0.4, 0.5) is 17.1 Å². The summed E-state index contributed by atoms with van der Waals surface area (Å²) in [6.45, 7) is 6.75. The van der Waals surface area contributed by atoms with Crippen LogP contribution >= 0.6 is 0 Å². The predicted molar refractivity (Wildman–Crippen MR) is 113 cm³/mol. The van der Waals surface area contributed by atoms with Crippen molar-refractivity contribution in [3.8, 4) is 5.75 Å². The molecule has 0 radical (unpaired) electrons. The maximum atomic E-state index is 12.7. The van der Waals surface area contributed by atoms with Gasteiger partial charge < -0.3 is 15.0 Å². The molecular weight excluding hydrogens is 372 g/mol. The van der Waals surface area contributed by atoms with Crippen LogP contribution in [0.1, 0.15) is 12.5 Å². The van der Waals surface area contributed by atoms with Gasteiger partial charge in [-0.1, -0.05) is 12.1 Å². The Morgan fingerprint density at radius 3 is 2.48 bits per heavy atom. The van der Waals surface area contributed by atoms with E-state index in [1.54, 1.807) is 20.1 Å². The molecule has 0 spiro atoms. The number of carbonyl (C=O) groups excluding carboxylic acids is 1. The van der Waals surface area contributed by atoms with E-state index in [4.69, 9.17) is 4.74 Å². The predicted octanol–water partition coefficient (Wildman–Crippen LogP) is 3.06. The molecule has 1 heterocycles. The van der Waals surface area contributed by atoms with Crippen LogP contribution < -0.4 is 15.0 Å². The highest BCUT2D eigenvalue weighted by molar-refractivity contribution is 5.95. The molecule has 8 nitrogen and oxygen atoms in total. The first-order chi connectivity index (χ1) is 13.9. The second-order valence-corrected chi connectivity index (χ2v) is 7.12. The van der Waals surface area contributed by atoms with Crippen molar-refractivity contribution in [2.75, 3.05) is 43.5 Å². The Hall–Kier alpha value is -3.13. The van der Waals surface area contributed by atoms with Crippen molar-refractivity contribution < 1.29 is 14.5 Å². The van der Waals surface area contributed by atoms with Gasteiger partial charge in [-0.25, -0.2) is 0 Å². The number of amides is 1. The van der Waals surface area contributed by atoms with Gasteiger partial charge in [0.15, 0.2) is 0 Å². The molecule has 3 rings (SSSR count). The molecule has 0 aliphatic carbocycles. The normalized spacial score (nSPS) is 15.6. The van der Waals surface area contributed by atoms with Crippen molar-refractivity contribution in [3.63, 3.8) is 0 Å². The van der Waals surface area contributed by atoms with Gasteiger partial charge in [0.1, 0.15) is 5.75 Å². The van der Waals surface area contributed by atoms with E-state index in [0.717, 1.165) is 37.6 Å². The topological polar surface area (TPSA) is 88.0 Å². The smallest absolute Gasteiger partial charge is 0.269 e. The van der Waals surface area contributed by atoms with Gasteiger partial charge in [-0.15, -0.1) is 0 Å². The molecular formula is C21H26N4O4. The highest BCUT2D eigenvalue weighted by Crippen LogP contribution is 2.28. The molecule has 2 aromatic carbocycles. The number of non-ortho nitro benzene ring substituents is 1. The van der Waals surface area contributed by atoms with E-state index in [2.05, 4.69) is 15.1 Å². The van der Waals surface area contributed by atoms with Crippen molar-refractivity contribution in [2.45, 2.75) is 19.9 Å². The molecule has 154 valence electrons. The third kappa shape index (κ3) is 4.65. The number of nitro groups is 1. The first-order valence-electron chi connectivity index (χ1n) is 9.58. The lowest BCUT2D eigenvalue weighted by Crippen LogP contribution is -2.52. The zero-order valence-electron chi connectivity index (χ0n) is 16.9. The molecule has 29 heavy (non-hydrogen) atoms. The number of anilines is 2. The maximum absolute atomic E-state index is 12.7. The molecule has 0 unspecified atom stereocenters. The van der Waals surface area contributed by atoms with E-state index in [-0.39, 0.29) is 17.6 Å². The van der Waals surface area contributed by atoms with Crippen molar-refractivity contribution in [1.82, 2.24) is 4.90 Å². The van der Waals surface area contributed by atoms with Gasteiger partial charge in [0.05, 0.1) is 23.8 Å². The monoisotopic (exact) mass is 398 g/mol. The minimum atomic E-state index is -0.442. The molecule has 1 amide bonds. The second-order valence-electron chi connectivity index (χ2n) is 7.12. The number of carbonyl (C=O) groups is 1. The van der Waals surface area contributed by atoms with E-state index < -0.39 is 4.92 Å². The maximum Gasteiger partial charge on any atom is 0.269 e. The van der Waals surface area contributed by atoms with E-state index in [0.29, 0.717) is 11.3 Å². The van der Waals surface area contributed by atoms with Gasteiger partial charge in [0.2, 0.25) is 5.91 Å². The number of piperazine rings is 1. The highest BCUT2D eigenvalue weighted by Gasteiger charge is 2.27. The summed E-state index contributed by atoms with van der Waals surface area (Å²) in [6, 6.07) is 12.1. The molecule has 0 bridgehead atoms. The lowest BCUT2D eigenvalue weighted by molar-refractivity contribution is -0.384. The summed E-state index contributed by atoms with van der Waals surface area (Å²) in [4.78, 5) is 27.5. The Morgan fingerprint density at radius 2 is 1.86 bits per heavy atom. The quantitative estimate of drug-likeness (QED) is 0.594. The van der Waals surface area contributed by atoms with E-state index in [1.165, 1.54) is 12.1 Å². The van der Waals surface area contributed by atoms with Crippen LogP contribution in [0.25, 0.3) is 0 Å². The standard InChI is InChI=1S/C21H26N4O4/c1-15-14-17(25(27)28)8-9-18(15)22-21(26)16(2)23-10-12-24(13-11-23)19-6-4-5-7-20(19)29-3/h4-9,14,16H,10-13H2,1-3H3,(H,22,26)/t16-/m1/s1. The fourth-order valence-electron chi connectivity index (χ4n) is 3.55. The number of ether oxygens (including phenoxy) is 1. The van der Waals surface area contributed by atoms with Crippen LogP contribution in [0, 0.1) is 17.0 Å². The Labute approximate surface area is 170 Å². The molecule has 1 aliphatic heterocycles. The molecule has 0 saturated carbocycles. The van der Waals surface area contributed by atoms with Gasteiger partial charge in [-0.2, -0.15) is 0 Å². The average molecular weight is 398 g/mol. The Balaban J connectivity index is 1.59. The molecule has 1 aliphatic rings. The summed E-state index contributed by atoms with van der Waals surface area (Å²) in [5.74, 6) is 0.730. The van der Waals surface area contributed by atoms with Crippen LogP contribution in [0.2, 0.25) is 0 Å². The molecule has 1 saturated heterocycles. The average Bonchev–Trinajstić information content (AvgIpc) is 2.74. The molecule has 1 N–H and O–H groups in total. The summed E-state index contributed by atoms with van der Waals surface area (Å²) in [5.41, 5.74) is 2.34. The van der Waals surface area contributed by atoms with Crippen LogP contribution in [0.5, 0.6) is 5.75 Å². The number of para-hydroxylation sites is 2. The minimum absolute atomic E-state index is 0.0148. The number of rotatable bonds is 6. The van der Waals surface area contributed by atoms with Gasteiger partial charge in [-0.3, -0.25) is 19.8 Å². The fraction of sp³-hybridized carbons (Fsp3) is 0.381. The molecule has 0 aromatic heterocycles. The zero-order chi connectivity index (χ0) is 21.0. The lowest BCUT2D eigenvalue weighted by atomic mass is 10.1. The van der Waals surface area contributed by atoms with Crippen LogP contribution in [-0.4, -0.2) is 55.1 Å². The number of hydrogen-bond donors (Lipinski definition) is 1. The largest absolute Gasteiger partial charge is 0.495 e. The zero-order valence-corrected chi connectivity index (χ0v) is 16.9. The summed E-state index contributed by atoms with van der Waals surface area (Å²) in [5, 5.41) is 13.8. The molecule has 1 atom stereocenters. The summed E-state index contributed by atoms with van der Waals surface area (Å²) < 4.78 is 5.45. The van der Waals surface area contributed by atoms with Gasteiger partial charge >= 0.3 is 0 Å². The Bertz CT molecular complexity index is 894. The van der Waals surface area contributed by atoms with Crippen molar-refractivity contribution in [1.29, 1.82) is 0 Å². The summed E-state index contributed by atoms with van der Waals surface area (Å²) in [7, 11) is 1.67. The fourth-order valence-corrected chi connectivity index (χ4v) is 3.55. The number of nitro benzene ring substituents is 1. The van der Waals surface area contributed by atoms with Crippen LogP contribution in [-0.2, 0) is 4.79 Å². The molecule has 2 aromatic rings. The van der Waals surface area contributed by atoms with Crippen molar-refractivity contribution >= 4 is 23.0 Å². The highest BCUT2D eigenvalue weighted by atomic mass is 16.6. The number of methoxy groups -OCH3 is 1. The van der Waals surface area contributed by atoms with Crippen molar-refractivity contribution in [3.05, 3.63) is 58.1 Å². The number of nitrogens with zero attached hydrogens (tertiary/aromatic N) is 3. The number of benzene rings is 2. The minimum Gasteiger partial charge on any atom is -0.495 e. The summed E-state index contributed by atoms with van der Waals surface area (Å²) >= 11 is 0. The van der Waals surface area contributed by atoms with Gasteiger partial charge in [0, 0.05) is 44.0 Å². The first kappa shape index (κ1) is 20.6. The van der Waals surface area contributed by atoms with Crippen LogP contribution in [0.3, 0.4) is 0 Å². The first-order valence-corrected chi connectivity index (χ1v) is 9.58. The second kappa shape index (κ2) is 8.91. The van der Waals surface area contributed by atoms with Crippen LogP contribution in [0.15, 0.2) is 42.5 Å². The molecule has 1 fully saturated rings. The van der Waals surface area contributed by atoms with E-state index >= 15 is 0 Å². The van der Waals surface area contributed by atoms with Gasteiger partial charge in [0.25, 0.3) is 5.69 Å². The third-order valence-electron chi connectivity index (χ3n) is 5.35. The Kier molecular flexibility index (Phi) is 6.33. The van der Waals surface area contributed by atoms with E-state index in [9.17, 15) is 14.9 Å². The summed E-state index contributed by atoms with van der Waals surface area (Å²) in [6.07, 6.45) is 0. The lowest BCUT2D eigenvalue weighted by Gasteiger charge is -2.38. The number of hydrogen-bond acceptors (Lipinski definition) is 6. The number of aryl methyl sites for hydroxylation is 1. The van der Waals surface area contributed by atoms with Gasteiger partial charge in [-0.05, 0) is 37.6 Å². The Morgan fingerprint density at radius 1 is 1.17 bits per heavy atom.